The Labute approximate surface area is 153 Å². The third-order valence-electron chi connectivity index (χ3n) is 4.86. The second-order valence-corrected chi connectivity index (χ2v) is 6.66. The van der Waals surface area contributed by atoms with Crippen molar-refractivity contribution in [1.29, 1.82) is 0 Å². The fourth-order valence-electron chi connectivity index (χ4n) is 3.36. The first-order valence-corrected chi connectivity index (χ1v) is 8.80. The summed E-state index contributed by atoms with van der Waals surface area (Å²) < 4.78 is 14.8. The smallest absolute Gasteiger partial charge is 0.131 e. The van der Waals surface area contributed by atoms with Crippen molar-refractivity contribution in [2.75, 3.05) is 6.54 Å². The van der Waals surface area contributed by atoms with Crippen molar-refractivity contribution in [1.82, 2.24) is 10.3 Å². The zero-order valence-electron chi connectivity index (χ0n) is 14.8. The van der Waals surface area contributed by atoms with Crippen molar-refractivity contribution in [2.45, 2.75) is 13.3 Å². The summed E-state index contributed by atoms with van der Waals surface area (Å²) in [4.78, 5) is 3.46. The normalized spacial score (nSPS) is 14.1. The van der Waals surface area contributed by atoms with Crippen LogP contribution >= 0.6 is 0 Å². The van der Waals surface area contributed by atoms with Crippen LogP contribution < -0.4 is 5.32 Å². The van der Waals surface area contributed by atoms with Gasteiger partial charge in [-0.05, 0) is 41.8 Å². The molecule has 0 saturated carbocycles. The standard InChI is InChI=1S/C23H21FN2/c1-15-6-3-4-7-17(15)13-21(24)18-8-5-9-19(12-18)23-14-20-16(2)25-11-10-22(20)26-23/h3-9,12-14,25-26H,2,10-11H2,1H3/b21-13-. The Kier molecular flexibility index (Phi) is 4.21. The average Bonchev–Trinajstić information content (AvgIpc) is 3.09. The van der Waals surface area contributed by atoms with Crippen LogP contribution in [0, 0.1) is 6.92 Å². The molecule has 0 amide bonds. The Balaban J connectivity index is 1.69. The highest BCUT2D eigenvalue weighted by atomic mass is 19.1. The minimum absolute atomic E-state index is 0.233. The number of hydrogen-bond acceptors (Lipinski definition) is 1. The summed E-state index contributed by atoms with van der Waals surface area (Å²) in [6.45, 7) is 6.94. The summed E-state index contributed by atoms with van der Waals surface area (Å²) in [5, 5.41) is 3.28. The molecule has 2 aromatic carbocycles. The van der Waals surface area contributed by atoms with Gasteiger partial charge in [0.25, 0.3) is 0 Å². The third kappa shape index (κ3) is 3.08. The Hall–Kier alpha value is -3.07. The highest BCUT2D eigenvalue weighted by Gasteiger charge is 2.16. The van der Waals surface area contributed by atoms with Gasteiger partial charge in [-0.1, -0.05) is 49.0 Å². The van der Waals surface area contributed by atoms with Crippen molar-refractivity contribution in [3.63, 3.8) is 0 Å². The molecule has 1 aliphatic rings. The number of benzene rings is 2. The van der Waals surface area contributed by atoms with E-state index in [9.17, 15) is 4.39 Å². The van der Waals surface area contributed by atoms with E-state index in [2.05, 4.69) is 22.9 Å². The lowest BCUT2D eigenvalue weighted by atomic mass is 10.0. The van der Waals surface area contributed by atoms with Crippen LogP contribution in [0.4, 0.5) is 4.39 Å². The molecular formula is C23H21FN2. The number of aromatic amines is 1. The maximum Gasteiger partial charge on any atom is 0.131 e. The van der Waals surface area contributed by atoms with Gasteiger partial charge < -0.3 is 10.3 Å². The number of hydrogen-bond donors (Lipinski definition) is 2. The number of aromatic nitrogens is 1. The van der Waals surface area contributed by atoms with E-state index < -0.39 is 0 Å². The molecule has 130 valence electrons. The van der Waals surface area contributed by atoms with Gasteiger partial charge in [0.05, 0.1) is 0 Å². The molecule has 0 aliphatic carbocycles. The van der Waals surface area contributed by atoms with E-state index >= 15 is 0 Å². The summed E-state index contributed by atoms with van der Waals surface area (Å²) in [5.41, 5.74) is 7.74. The largest absolute Gasteiger partial charge is 0.385 e. The molecule has 3 heteroatoms. The van der Waals surface area contributed by atoms with E-state index in [0.717, 1.165) is 46.6 Å². The Morgan fingerprint density at radius 3 is 2.77 bits per heavy atom. The van der Waals surface area contributed by atoms with Gasteiger partial charge >= 0.3 is 0 Å². The van der Waals surface area contributed by atoms with Crippen LogP contribution in [0.15, 0.2) is 61.2 Å². The quantitative estimate of drug-likeness (QED) is 0.597. The van der Waals surface area contributed by atoms with Crippen LogP contribution in [0.2, 0.25) is 0 Å². The topological polar surface area (TPSA) is 27.8 Å². The van der Waals surface area contributed by atoms with Gasteiger partial charge in [0.1, 0.15) is 5.83 Å². The number of rotatable bonds is 3. The molecule has 2 nitrogen and oxygen atoms in total. The Bertz CT molecular complexity index is 1010. The maximum absolute atomic E-state index is 14.8. The van der Waals surface area contributed by atoms with E-state index in [1.165, 1.54) is 5.69 Å². The zero-order chi connectivity index (χ0) is 18.1. The molecule has 4 rings (SSSR count). The molecule has 0 atom stereocenters. The fourth-order valence-corrected chi connectivity index (χ4v) is 3.36. The average molecular weight is 344 g/mol. The molecule has 0 saturated heterocycles. The zero-order valence-corrected chi connectivity index (χ0v) is 14.8. The number of nitrogens with one attached hydrogen (secondary N) is 2. The SMILES string of the molecule is C=C1NCCc2[nH]c(-c3cccc(/C(F)=C/c4ccccc4C)c3)cc21. The lowest BCUT2D eigenvalue weighted by Gasteiger charge is -2.15. The Morgan fingerprint density at radius 2 is 1.96 bits per heavy atom. The van der Waals surface area contributed by atoms with Crippen LogP contribution in [-0.4, -0.2) is 11.5 Å². The molecule has 0 unspecified atom stereocenters. The van der Waals surface area contributed by atoms with Crippen molar-refractivity contribution >= 4 is 17.6 Å². The lowest BCUT2D eigenvalue weighted by Crippen LogP contribution is -2.21. The van der Waals surface area contributed by atoms with E-state index in [1.54, 1.807) is 12.1 Å². The van der Waals surface area contributed by atoms with E-state index in [4.69, 9.17) is 0 Å². The molecule has 1 aromatic heterocycles. The van der Waals surface area contributed by atoms with Crippen molar-refractivity contribution in [2.24, 2.45) is 0 Å². The second kappa shape index (κ2) is 6.68. The predicted octanol–water partition coefficient (Wildman–Crippen LogP) is 5.57. The number of fused-ring (bicyclic) bond motifs is 1. The third-order valence-corrected chi connectivity index (χ3v) is 4.86. The van der Waals surface area contributed by atoms with Crippen LogP contribution in [-0.2, 0) is 6.42 Å². The number of H-pyrrole nitrogens is 1. The van der Waals surface area contributed by atoms with Gasteiger partial charge in [-0.3, -0.25) is 0 Å². The van der Waals surface area contributed by atoms with Crippen LogP contribution in [0.5, 0.6) is 0 Å². The fraction of sp³-hybridized carbons (Fsp3) is 0.130. The Morgan fingerprint density at radius 1 is 1.12 bits per heavy atom. The highest BCUT2D eigenvalue weighted by Crippen LogP contribution is 2.30. The number of aryl methyl sites for hydroxylation is 1. The van der Waals surface area contributed by atoms with Crippen molar-refractivity contribution in [3.05, 3.63) is 89.1 Å². The first kappa shape index (κ1) is 16.4. The molecule has 2 N–H and O–H groups in total. The molecule has 3 aromatic rings. The summed E-state index contributed by atoms with van der Waals surface area (Å²) >= 11 is 0. The van der Waals surface area contributed by atoms with Gasteiger partial charge in [0.15, 0.2) is 0 Å². The van der Waals surface area contributed by atoms with Crippen LogP contribution in [0.1, 0.15) is 27.9 Å². The molecule has 0 fully saturated rings. The van der Waals surface area contributed by atoms with Gasteiger partial charge in [0, 0.05) is 41.2 Å². The molecule has 0 radical (unpaired) electrons. The summed E-state index contributed by atoms with van der Waals surface area (Å²) in [6, 6.07) is 17.5. The summed E-state index contributed by atoms with van der Waals surface area (Å²) in [5.74, 6) is -0.233. The van der Waals surface area contributed by atoms with Crippen molar-refractivity contribution < 1.29 is 4.39 Å². The number of halogens is 1. The summed E-state index contributed by atoms with van der Waals surface area (Å²) in [7, 11) is 0. The van der Waals surface area contributed by atoms with E-state index in [0.29, 0.717) is 5.56 Å². The minimum Gasteiger partial charge on any atom is -0.385 e. The predicted molar refractivity (Wildman–Crippen MR) is 107 cm³/mol. The van der Waals surface area contributed by atoms with E-state index in [1.807, 2.05) is 49.4 Å². The van der Waals surface area contributed by atoms with Crippen LogP contribution in [0.25, 0.3) is 28.9 Å². The molecule has 0 bridgehead atoms. The maximum atomic E-state index is 14.8. The summed E-state index contributed by atoms with van der Waals surface area (Å²) in [6.07, 6.45) is 2.54. The monoisotopic (exact) mass is 344 g/mol. The highest BCUT2D eigenvalue weighted by molar-refractivity contribution is 5.80. The minimum atomic E-state index is -0.233. The van der Waals surface area contributed by atoms with Gasteiger partial charge in [-0.15, -0.1) is 0 Å². The van der Waals surface area contributed by atoms with Gasteiger partial charge in [-0.2, -0.15) is 0 Å². The lowest BCUT2D eigenvalue weighted by molar-refractivity contribution is 0.765. The first-order valence-electron chi connectivity index (χ1n) is 8.80. The van der Waals surface area contributed by atoms with Gasteiger partial charge in [-0.25, -0.2) is 4.39 Å². The second-order valence-electron chi connectivity index (χ2n) is 6.66. The molecule has 0 spiro atoms. The first-order chi connectivity index (χ1) is 12.6. The molecule has 1 aliphatic heterocycles. The molecule has 2 heterocycles. The van der Waals surface area contributed by atoms with Crippen LogP contribution in [0.3, 0.4) is 0 Å². The van der Waals surface area contributed by atoms with Gasteiger partial charge in [0.2, 0.25) is 0 Å². The van der Waals surface area contributed by atoms with E-state index in [-0.39, 0.29) is 5.83 Å². The molecule has 26 heavy (non-hydrogen) atoms. The van der Waals surface area contributed by atoms with Crippen molar-refractivity contribution in [3.8, 4) is 11.3 Å². The molecular weight excluding hydrogens is 323 g/mol.